The third kappa shape index (κ3) is 4.49. The minimum absolute atomic E-state index is 0.0458. The van der Waals surface area contributed by atoms with E-state index in [1.54, 1.807) is 72.8 Å². The molecule has 0 aromatic heterocycles. The Morgan fingerprint density at radius 1 is 0.879 bits per heavy atom. The van der Waals surface area contributed by atoms with Gasteiger partial charge in [0.15, 0.2) is 0 Å². The van der Waals surface area contributed by atoms with Crippen LogP contribution >= 0.6 is 23.2 Å². The van der Waals surface area contributed by atoms with Gasteiger partial charge in [-0.25, -0.2) is 0 Å². The van der Waals surface area contributed by atoms with Crippen LogP contribution in [0.1, 0.15) is 24.1 Å². The van der Waals surface area contributed by atoms with Gasteiger partial charge in [0.05, 0.1) is 11.6 Å². The molecule has 3 aromatic rings. The molecule has 4 rings (SSSR count). The zero-order valence-corrected chi connectivity index (χ0v) is 18.9. The second-order valence-corrected chi connectivity index (χ2v) is 8.33. The maximum Gasteiger partial charge on any atom is 0.300 e. The van der Waals surface area contributed by atoms with E-state index in [9.17, 15) is 19.5 Å². The van der Waals surface area contributed by atoms with Crippen LogP contribution in [-0.2, 0) is 14.4 Å². The smallest absolute Gasteiger partial charge is 0.300 e. The second kappa shape index (κ2) is 9.10. The Morgan fingerprint density at radius 3 is 1.97 bits per heavy atom. The van der Waals surface area contributed by atoms with Crippen molar-refractivity contribution in [3.8, 4) is 0 Å². The Hall–Kier alpha value is -3.61. The average molecular weight is 481 g/mol. The molecule has 1 heterocycles. The monoisotopic (exact) mass is 480 g/mol. The summed E-state index contributed by atoms with van der Waals surface area (Å²) in [6.07, 6.45) is 0. The molecule has 1 unspecified atom stereocenters. The summed E-state index contributed by atoms with van der Waals surface area (Å²) in [7, 11) is 0. The Kier molecular flexibility index (Phi) is 6.22. The molecule has 2 amide bonds. The number of carbonyl (C=O) groups excluding carboxylic acids is 3. The number of carbonyl (C=O) groups is 3. The standard InChI is InChI=1S/C25H18Cl2N2O4/c1-14(30)28-19-10-12-20(13-11-19)29-22(15-2-6-17(26)7-3-15)21(24(32)25(29)33)23(31)16-4-8-18(27)9-5-16/h2-13,22,31H,1H3,(H,28,30)/b23-21+. The van der Waals surface area contributed by atoms with E-state index in [2.05, 4.69) is 5.32 Å². The van der Waals surface area contributed by atoms with Crippen LogP contribution in [0.15, 0.2) is 78.4 Å². The number of aliphatic hydroxyl groups is 1. The maximum atomic E-state index is 13.1. The molecule has 0 saturated carbocycles. The quantitative estimate of drug-likeness (QED) is 0.290. The van der Waals surface area contributed by atoms with Crippen molar-refractivity contribution in [2.45, 2.75) is 13.0 Å². The zero-order valence-electron chi connectivity index (χ0n) is 17.4. The van der Waals surface area contributed by atoms with E-state index in [4.69, 9.17) is 23.2 Å². The van der Waals surface area contributed by atoms with Gasteiger partial charge in [-0.15, -0.1) is 0 Å². The van der Waals surface area contributed by atoms with Crippen LogP contribution in [0.3, 0.4) is 0 Å². The first kappa shape index (κ1) is 22.6. The molecular weight excluding hydrogens is 463 g/mol. The number of nitrogens with zero attached hydrogens (tertiary/aromatic N) is 1. The highest BCUT2D eigenvalue weighted by molar-refractivity contribution is 6.51. The van der Waals surface area contributed by atoms with Gasteiger partial charge in [0, 0.05) is 33.9 Å². The van der Waals surface area contributed by atoms with Gasteiger partial charge in [0.2, 0.25) is 5.91 Å². The van der Waals surface area contributed by atoms with E-state index in [-0.39, 0.29) is 17.2 Å². The van der Waals surface area contributed by atoms with Crippen LogP contribution in [0.5, 0.6) is 0 Å². The molecule has 8 heteroatoms. The first-order valence-electron chi connectivity index (χ1n) is 9.96. The lowest BCUT2D eigenvalue weighted by atomic mass is 9.95. The number of hydrogen-bond donors (Lipinski definition) is 2. The van der Waals surface area contributed by atoms with E-state index in [1.165, 1.54) is 11.8 Å². The van der Waals surface area contributed by atoms with Gasteiger partial charge in [-0.3, -0.25) is 19.3 Å². The molecule has 166 valence electrons. The fourth-order valence-corrected chi connectivity index (χ4v) is 3.98. The molecule has 2 N–H and O–H groups in total. The Morgan fingerprint density at radius 2 is 1.42 bits per heavy atom. The van der Waals surface area contributed by atoms with Gasteiger partial charge >= 0.3 is 0 Å². The highest BCUT2D eigenvalue weighted by Crippen LogP contribution is 2.42. The first-order valence-corrected chi connectivity index (χ1v) is 10.7. The number of halogens is 2. The molecule has 0 aliphatic carbocycles. The number of aliphatic hydroxyl groups excluding tert-OH is 1. The van der Waals surface area contributed by atoms with E-state index >= 15 is 0 Å². The van der Waals surface area contributed by atoms with Gasteiger partial charge in [0.25, 0.3) is 11.7 Å². The molecule has 0 spiro atoms. The Labute approximate surface area is 200 Å². The van der Waals surface area contributed by atoms with Crippen LogP contribution in [0.4, 0.5) is 11.4 Å². The average Bonchev–Trinajstić information content (AvgIpc) is 3.05. The fourth-order valence-electron chi connectivity index (χ4n) is 3.73. The molecule has 1 fully saturated rings. The normalized spacial score (nSPS) is 17.3. The number of benzene rings is 3. The molecule has 6 nitrogen and oxygen atoms in total. The Balaban J connectivity index is 1.87. The second-order valence-electron chi connectivity index (χ2n) is 7.46. The molecule has 1 saturated heterocycles. The van der Waals surface area contributed by atoms with Crippen molar-refractivity contribution in [3.63, 3.8) is 0 Å². The number of rotatable bonds is 4. The first-order chi connectivity index (χ1) is 15.8. The van der Waals surface area contributed by atoms with Crippen molar-refractivity contribution < 1.29 is 19.5 Å². The lowest BCUT2D eigenvalue weighted by Gasteiger charge is -2.25. The number of nitrogens with one attached hydrogen (secondary N) is 1. The molecular formula is C25H18Cl2N2O4. The molecule has 0 bridgehead atoms. The van der Waals surface area contributed by atoms with Crippen LogP contribution in [0, 0.1) is 0 Å². The van der Waals surface area contributed by atoms with Crippen LogP contribution in [0.25, 0.3) is 5.76 Å². The molecule has 1 aliphatic heterocycles. The molecule has 33 heavy (non-hydrogen) atoms. The minimum atomic E-state index is -0.885. The van der Waals surface area contributed by atoms with Crippen molar-refractivity contribution in [1.82, 2.24) is 0 Å². The third-order valence-electron chi connectivity index (χ3n) is 5.21. The largest absolute Gasteiger partial charge is 0.507 e. The van der Waals surface area contributed by atoms with Gasteiger partial charge in [-0.2, -0.15) is 0 Å². The molecule has 1 aliphatic rings. The van der Waals surface area contributed by atoms with Crippen LogP contribution in [-0.4, -0.2) is 22.7 Å². The maximum absolute atomic E-state index is 13.1. The Bertz CT molecular complexity index is 1270. The number of ketones is 1. The van der Waals surface area contributed by atoms with Gasteiger partial charge in [-0.1, -0.05) is 35.3 Å². The lowest BCUT2D eigenvalue weighted by molar-refractivity contribution is -0.132. The van der Waals surface area contributed by atoms with E-state index in [1.807, 2.05) is 0 Å². The summed E-state index contributed by atoms with van der Waals surface area (Å²) in [5.74, 6) is -2.12. The topological polar surface area (TPSA) is 86.7 Å². The van der Waals surface area contributed by atoms with Crippen molar-refractivity contribution in [3.05, 3.63) is 99.5 Å². The number of anilines is 2. The highest BCUT2D eigenvalue weighted by Gasteiger charge is 2.46. The van der Waals surface area contributed by atoms with Crippen LogP contribution < -0.4 is 10.2 Å². The number of hydrogen-bond acceptors (Lipinski definition) is 4. The van der Waals surface area contributed by atoms with E-state index < -0.39 is 17.7 Å². The summed E-state index contributed by atoms with van der Waals surface area (Å²) in [5, 5.41) is 14.7. The molecule has 1 atom stereocenters. The predicted octanol–water partition coefficient (Wildman–Crippen LogP) is 5.58. The van der Waals surface area contributed by atoms with Crippen molar-refractivity contribution >= 4 is 57.9 Å². The number of amides is 2. The third-order valence-corrected chi connectivity index (χ3v) is 5.72. The highest BCUT2D eigenvalue weighted by atomic mass is 35.5. The lowest BCUT2D eigenvalue weighted by Crippen LogP contribution is -2.29. The van der Waals surface area contributed by atoms with E-state index in [0.29, 0.717) is 32.5 Å². The minimum Gasteiger partial charge on any atom is -0.507 e. The molecule has 0 radical (unpaired) electrons. The van der Waals surface area contributed by atoms with Crippen LogP contribution in [0.2, 0.25) is 10.0 Å². The van der Waals surface area contributed by atoms with Gasteiger partial charge in [0.1, 0.15) is 5.76 Å². The summed E-state index contributed by atoms with van der Waals surface area (Å²) in [4.78, 5) is 38.9. The summed E-state index contributed by atoms with van der Waals surface area (Å²) in [6, 6.07) is 18.7. The van der Waals surface area contributed by atoms with Gasteiger partial charge < -0.3 is 10.4 Å². The zero-order chi connectivity index (χ0) is 23.7. The predicted molar refractivity (Wildman–Crippen MR) is 128 cm³/mol. The van der Waals surface area contributed by atoms with Crippen molar-refractivity contribution in [2.75, 3.05) is 10.2 Å². The SMILES string of the molecule is CC(=O)Nc1ccc(N2C(=O)C(=O)/C(=C(/O)c3ccc(Cl)cc3)C2c2ccc(Cl)cc2)cc1. The van der Waals surface area contributed by atoms with Crippen molar-refractivity contribution in [2.24, 2.45) is 0 Å². The van der Waals surface area contributed by atoms with E-state index in [0.717, 1.165) is 0 Å². The summed E-state index contributed by atoms with van der Waals surface area (Å²) in [6.45, 7) is 1.39. The summed E-state index contributed by atoms with van der Waals surface area (Å²) >= 11 is 12.0. The summed E-state index contributed by atoms with van der Waals surface area (Å²) in [5.41, 5.74) is 1.89. The van der Waals surface area contributed by atoms with Gasteiger partial charge in [-0.05, 0) is 66.2 Å². The number of Topliss-reactive ketones (excluding diaryl/α,β-unsaturated/α-hetero) is 1. The molecule has 3 aromatic carbocycles. The van der Waals surface area contributed by atoms with Crippen molar-refractivity contribution in [1.29, 1.82) is 0 Å². The summed E-state index contributed by atoms with van der Waals surface area (Å²) < 4.78 is 0. The fraction of sp³-hybridized carbons (Fsp3) is 0.0800.